The van der Waals surface area contributed by atoms with Crippen molar-refractivity contribution in [1.29, 1.82) is 0 Å². The van der Waals surface area contributed by atoms with Crippen molar-refractivity contribution in [3.05, 3.63) is 12.3 Å². The van der Waals surface area contributed by atoms with Crippen LogP contribution in [0.15, 0.2) is 12.3 Å². The number of phosphoric acid groups is 2. The van der Waals surface area contributed by atoms with E-state index < -0.39 is 115 Å². The van der Waals surface area contributed by atoms with Gasteiger partial charge in [0.25, 0.3) is 0 Å². The van der Waals surface area contributed by atoms with Crippen LogP contribution < -0.4 is 5.32 Å². The minimum atomic E-state index is -5.44. The molecule has 1 aliphatic heterocycles. The highest BCUT2D eigenvalue weighted by Crippen LogP contribution is 2.43. The Bertz CT molecular complexity index is 1890. The van der Waals surface area contributed by atoms with Gasteiger partial charge in [-0.1, -0.05) is 253 Å². The zero-order valence-electron chi connectivity index (χ0n) is 57.3. The Morgan fingerprint density at radius 1 is 0.527 bits per heavy atom. The summed E-state index contributed by atoms with van der Waals surface area (Å²) in [6, 6.07) is -1.56. The van der Waals surface area contributed by atoms with Gasteiger partial charge in [-0.2, -0.15) is 0 Å². The molecule has 0 aromatic rings. The molecule has 0 aliphatic carbocycles. The van der Waals surface area contributed by atoms with E-state index in [1.54, 1.807) is 0 Å². The van der Waals surface area contributed by atoms with Crippen molar-refractivity contribution in [2.24, 2.45) is 0 Å². The number of hydrogen-bond donors (Lipinski definition) is 8. The first-order valence-electron chi connectivity index (χ1n) is 36.0. The number of amides is 1. The summed E-state index contributed by atoms with van der Waals surface area (Å²) in [4.78, 5) is 80.9. The van der Waals surface area contributed by atoms with Crippen LogP contribution in [0.2, 0.25) is 0 Å². The predicted octanol–water partition coefficient (Wildman–Crippen LogP) is 15.2. The first-order valence-corrected chi connectivity index (χ1v) is 39.1. The second-order valence-electron chi connectivity index (χ2n) is 25.5. The van der Waals surface area contributed by atoms with Crippen LogP contribution in [-0.4, -0.2) is 134 Å². The highest BCUT2D eigenvalue weighted by molar-refractivity contribution is 7.46. The Morgan fingerprint density at radius 3 is 1.29 bits per heavy atom. The smallest absolute Gasteiger partial charge is 0.470 e. The van der Waals surface area contributed by atoms with Crippen molar-refractivity contribution in [2.75, 3.05) is 19.8 Å². The average molecular weight is 1340 g/mol. The number of esters is 2. The van der Waals surface area contributed by atoms with Crippen molar-refractivity contribution >= 4 is 33.5 Å². The minimum Gasteiger partial charge on any atom is -0.490 e. The molecule has 10 atom stereocenters. The lowest BCUT2D eigenvalue weighted by molar-refractivity contribution is -0.282. The molecule has 0 bridgehead atoms. The van der Waals surface area contributed by atoms with E-state index in [0.717, 1.165) is 109 Å². The van der Waals surface area contributed by atoms with Crippen LogP contribution in [0.5, 0.6) is 0 Å². The van der Waals surface area contributed by atoms with Gasteiger partial charge in [0.1, 0.15) is 36.6 Å². The molecule has 0 aromatic heterocycles. The van der Waals surface area contributed by atoms with E-state index in [0.29, 0.717) is 32.1 Å². The van der Waals surface area contributed by atoms with Gasteiger partial charge in [-0.05, 0) is 45.4 Å². The lowest BCUT2D eigenvalue weighted by atomic mass is 9.95. The zero-order valence-corrected chi connectivity index (χ0v) is 59.0. The number of hydrogen-bond acceptors (Lipinski definition) is 16. The Hall–Kier alpha value is -2.07. The molecule has 1 aliphatic rings. The van der Waals surface area contributed by atoms with E-state index in [1.165, 1.54) is 122 Å². The maximum absolute atomic E-state index is 14.7. The van der Waals surface area contributed by atoms with Crippen LogP contribution in [0.1, 0.15) is 324 Å². The normalized spacial score (nSPS) is 18.7. The number of aliphatic hydroxyl groups is 3. The van der Waals surface area contributed by atoms with E-state index in [2.05, 4.69) is 44.1 Å². The first-order chi connectivity index (χ1) is 43.7. The van der Waals surface area contributed by atoms with Gasteiger partial charge >= 0.3 is 27.6 Å². The van der Waals surface area contributed by atoms with Crippen LogP contribution in [0, 0.1) is 0 Å². The van der Waals surface area contributed by atoms with Gasteiger partial charge in [-0.25, -0.2) is 9.13 Å². The molecule has 1 fully saturated rings. The quantitative estimate of drug-likeness (QED) is 0.00922. The molecule has 1 amide bonds. The summed E-state index contributed by atoms with van der Waals surface area (Å²) in [5.74, 6) is -1.52. The second-order valence-corrected chi connectivity index (χ2v) is 28.0. The number of rotatable bonds is 64. The van der Waals surface area contributed by atoms with Crippen LogP contribution >= 0.6 is 15.6 Å². The topological polar surface area (TPSA) is 313 Å². The second kappa shape index (κ2) is 56.0. The Kier molecular flexibility index (Phi) is 53.5. The number of nitrogens with one attached hydrogen (secondary N) is 1. The van der Waals surface area contributed by atoms with Crippen LogP contribution in [-0.2, 0) is 61.0 Å². The molecular weight excluding hydrogens is 1210 g/mol. The lowest BCUT2D eigenvalue weighted by Crippen LogP contribution is -2.66. The van der Waals surface area contributed by atoms with E-state index in [4.69, 9.17) is 42.7 Å². The molecule has 91 heavy (non-hydrogen) atoms. The van der Waals surface area contributed by atoms with Gasteiger partial charge in [-0.3, -0.25) is 23.4 Å². The molecule has 538 valence electrons. The number of ether oxygens (including phenoxy) is 6. The van der Waals surface area contributed by atoms with Gasteiger partial charge in [-0.15, -0.1) is 0 Å². The molecule has 1 rings (SSSR count). The number of carbonyl (C=O) groups excluding carboxylic acids is 3. The van der Waals surface area contributed by atoms with E-state index >= 15 is 0 Å². The van der Waals surface area contributed by atoms with Gasteiger partial charge in [0.15, 0.2) is 18.7 Å². The predicted molar refractivity (Wildman–Crippen MR) is 355 cm³/mol. The standard InChI is InChI=1S/C68H131NO20P2/c1-7-11-15-19-23-27-28-32-36-40-43-47-62(73)85-57(45-41-37-33-29-24-20-16-12-8-2)51-55(5)84-67-65(68(88-59(53-70)66(67)89-91(79,80)81)82-54-60(56(6)71)87-64(75)49-50-83-90(76,77)78)69-61(72)52-58(46-42-38-34-30-25-21-17-13-9-3)86-63(74)48-44-39-35-31-26-22-18-14-10-4/h56-60,64-68,70-71,75H,5,7-54H2,1-4,6H3,(H,69,72)(H2,76,77,78)(H2,79,80,81)/t56-,57?,58?,59?,60?,64-,65?,66?,67?,68?/m0/s1. The van der Waals surface area contributed by atoms with Gasteiger partial charge in [0.2, 0.25) is 5.91 Å². The molecule has 0 radical (unpaired) electrons. The summed E-state index contributed by atoms with van der Waals surface area (Å²) in [7, 11) is -10.3. The molecule has 1 heterocycles. The monoisotopic (exact) mass is 1340 g/mol. The van der Waals surface area contributed by atoms with Crippen molar-refractivity contribution in [3.8, 4) is 0 Å². The maximum atomic E-state index is 14.7. The Balaban J connectivity index is 3.67. The summed E-state index contributed by atoms with van der Waals surface area (Å²) in [6.07, 6.45) is 28.4. The fourth-order valence-corrected chi connectivity index (χ4v) is 12.4. The van der Waals surface area contributed by atoms with Crippen molar-refractivity contribution < 1.29 is 95.9 Å². The molecule has 21 nitrogen and oxygen atoms in total. The highest BCUT2D eigenvalue weighted by Gasteiger charge is 2.52. The Labute approximate surface area is 549 Å². The van der Waals surface area contributed by atoms with Crippen molar-refractivity contribution in [3.63, 3.8) is 0 Å². The number of carbonyl (C=O) groups is 3. The molecule has 23 heteroatoms. The average Bonchev–Trinajstić information content (AvgIpc) is 0.862. The van der Waals surface area contributed by atoms with Gasteiger partial charge in [0.05, 0.1) is 38.1 Å². The largest absolute Gasteiger partial charge is 0.490 e. The van der Waals surface area contributed by atoms with Crippen LogP contribution in [0.25, 0.3) is 0 Å². The molecule has 0 spiro atoms. The van der Waals surface area contributed by atoms with Crippen molar-refractivity contribution in [1.82, 2.24) is 5.32 Å². The van der Waals surface area contributed by atoms with Gasteiger partial charge < -0.3 is 68.6 Å². The molecular formula is C68H131NO20P2. The van der Waals surface area contributed by atoms with Crippen LogP contribution in [0.3, 0.4) is 0 Å². The first kappa shape index (κ1) is 86.9. The molecule has 8 N–H and O–H groups in total. The lowest BCUT2D eigenvalue weighted by Gasteiger charge is -2.46. The highest BCUT2D eigenvalue weighted by atomic mass is 31.2. The molecule has 0 saturated carbocycles. The number of aliphatic hydroxyl groups excluding tert-OH is 3. The fraction of sp³-hybridized carbons (Fsp3) is 0.926. The summed E-state index contributed by atoms with van der Waals surface area (Å²) in [5, 5.41) is 35.2. The summed E-state index contributed by atoms with van der Waals surface area (Å²) in [6.45, 7) is 12.2. The molecule has 1 saturated heterocycles. The summed E-state index contributed by atoms with van der Waals surface area (Å²) >= 11 is 0. The summed E-state index contributed by atoms with van der Waals surface area (Å²) in [5.41, 5.74) is 0. The van der Waals surface area contributed by atoms with Crippen LogP contribution in [0.4, 0.5) is 0 Å². The van der Waals surface area contributed by atoms with E-state index in [9.17, 15) is 48.6 Å². The molecule has 0 aromatic carbocycles. The fourth-order valence-electron chi connectivity index (χ4n) is 11.5. The Morgan fingerprint density at radius 2 is 0.912 bits per heavy atom. The third-order valence-corrected chi connectivity index (χ3v) is 17.9. The van der Waals surface area contributed by atoms with E-state index in [-0.39, 0.29) is 37.4 Å². The SMILES string of the molecule is C=C(CC(CCCCCCCCCCC)OC(=O)CCCCCCCCCCCCC)OC1C(NC(=O)CC(CCCCCCCCCCC)OC(=O)CCCCCCCCCCC)C(OCC(O[C@H](O)CCOP(=O)(O)O)[C@H](C)O)OC(CO)C1OP(=O)(O)O. The van der Waals surface area contributed by atoms with E-state index in [1.807, 2.05) is 0 Å². The third-order valence-electron chi connectivity index (χ3n) is 16.8. The number of phosphoric ester groups is 2. The third kappa shape index (κ3) is 49.2. The zero-order chi connectivity index (χ0) is 67.4. The van der Waals surface area contributed by atoms with Crippen molar-refractivity contribution in [2.45, 2.75) is 385 Å². The van der Waals surface area contributed by atoms with Gasteiger partial charge in [0, 0.05) is 25.7 Å². The summed E-state index contributed by atoms with van der Waals surface area (Å²) < 4.78 is 70.8. The molecule has 8 unspecified atom stereocenters. The number of unbranched alkanes of at least 4 members (excludes halogenated alkanes) is 34. The minimum absolute atomic E-state index is 0.0104. The maximum Gasteiger partial charge on any atom is 0.470 e.